The molecule has 0 aliphatic carbocycles. The minimum absolute atomic E-state index is 0.0190. The van der Waals surface area contributed by atoms with Gasteiger partial charge in [0.2, 0.25) is 0 Å². The number of benzene rings is 1. The molecule has 5 heteroatoms. The highest BCUT2D eigenvalue weighted by Crippen LogP contribution is 2.13. The standard InChI is InChI=1S/C16H23NO4/c1-3-19-16(18)11-17-8-9-20-15(10-17)12-21-14-6-4-13(2)5-7-14/h4-7,15H,3,8-12H2,1-2H3/t15-/m0/s1. The Hall–Kier alpha value is -1.59. The van der Waals surface area contributed by atoms with E-state index in [1.165, 1.54) is 5.56 Å². The van der Waals surface area contributed by atoms with Gasteiger partial charge in [0.15, 0.2) is 0 Å². The van der Waals surface area contributed by atoms with Gasteiger partial charge in [-0.2, -0.15) is 0 Å². The first kappa shape index (κ1) is 15.8. The van der Waals surface area contributed by atoms with Crippen molar-refractivity contribution in [1.82, 2.24) is 4.90 Å². The minimum atomic E-state index is -0.183. The molecule has 0 spiro atoms. The second-order valence-corrected chi connectivity index (χ2v) is 5.16. The molecule has 1 aliphatic rings. The molecule has 0 bridgehead atoms. The average molecular weight is 293 g/mol. The Balaban J connectivity index is 1.76. The highest BCUT2D eigenvalue weighted by Gasteiger charge is 2.23. The number of esters is 1. The van der Waals surface area contributed by atoms with Crippen molar-refractivity contribution in [2.24, 2.45) is 0 Å². The summed E-state index contributed by atoms with van der Waals surface area (Å²) in [6, 6.07) is 7.94. The maximum atomic E-state index is 11.5. The summed E-state index contributed by atoms with van der Waals surface area (Å²) in [6.07, 6.45) is -0.0190. The summed E-state index contributed by atoms with van der Waals surface area (Å²) < 4.78 is 16.4. The molecule has 1 saturated heterocycles. The normalized spacial score (nSPS) is 19.2. The van der Waals surface area contributed by atoms with Crippen LogP contribution in [0.2, 0.25) is 0 Å². The number of hydrogen-bond acceptors (Lipinski definition) is 5. The van der Waals surface area contributed by atoms with E-state index in [0.29, 0.717) is 32.9 Å². The molecule has 0 aromatic heterocycles. The SMILES string of the molecule is CCOC(=O)CN1CCO[C@H](COc2ccc(C)cc2)C1. The van der Waals surface area contributed by atoms with Crippen LogP contribution in [0, 0.1) is 6.92 Å². The summed E-state index contributed by atoms with van der Waals surface area (Å²) in [5, 5.41) is 0. The number of carbonyl (C=O) groups is 1. The van der Waals surface area contributed by atoms with Crippen LogP contribution in [0.1, 0.15) is 12.5 Å². The summed E-state index contributed by atoms with van der Waals surface area (Å²) in [5.41, 5.74) is 1.21. The average Bonchev–Trinajstić information content (AvgIpc) is 2.47. The van der Waals surface area contributed by atoms with E-state index in [4.69, 9.17) is 14.2 Å². The first-order valence-electron chi connectivity index (χ1n) is 7.36. The maximum absolute atomic E-state index is 11.5. The van der Waals surface area contributed by atoms with E-state index in [2.05, 4.69) is 0 Å². The summed E-state index contributed by atoms with van der Waals surface area (Å²) >= 11 is 0. The monoisotopic (exact) mass is 293 g/mol. The van der Waals surface area contributed by atoms with Gasteiger partial charge in [0.05, 0.1) is 19.8 Å². The van der Waals surface area contributed by atoms with Crippen molar-refractivity contribution in [3.63, 3.8) is 0 Å². The zero-order valence-corrected chi connectivity index (χ0v) is 12.7. The van der Waals surface area contributed by atoms with Gasteiger partial charge in [-0.25, -0.2) is 0 Å². The molecule has 116 valence electrons. The second-order valence-electron chi connectivity index (χ2n) is 5.16. The highest BCUT2D eigenvalue weighted by atomic mass is 16.5. The molecule has 1 aliphatic heterocycles. The van der Waals surface area contributed by atoms with E-state index < -0.39 is 0 Å². The Labute approximate surface area is 125 Å². The van der Waals surface area contributed by atoms with Gasteiger partial charge in [-0.05, 0) is 26.0 Å². The largest absolute Gasteiger partial charge is 0.491 e. The van der Waals surface area contributed by atoms with E-state index >= 15 is 0 Å². The van der Waals surface area contributed by atoms with Crippen LogP contribution in [0.3, 0.4) is 0 Å². The maximum Gasteiger partial charge on any atom is 0.320 e. The van der Waals surface area contributed by atoms with Crippen LogP contribution in [0.25, 0.3) is 0 Å². The summed E-state index contributed by atoms with van der Waals surface area (Å²) in [4.78, 5) is 13.5. The van der Waals surface area contributed by atoms with Gasteiger partial charge >= 0.3 is 5.97 Å². The van der Waals surface area contributed by atoms with E-state index in [1.807, 2.05) is 43.0 Å². The molecule has 1 heterocycles. The fourth-order valence-corrected chi connectivity index (χ4v) is 2.24. The number of hydrogen-bond donors (Lipinski definition) is 0. The third kappa shape index (κ3) is 5.36. The van der Waals surface area contributed by atoms with Crippen LogP contribution in [-0.2, 0) is 14.3 Å². The number of rotatable bonds is 6. The number of morpholine rings is 1. The molecule has 0 unspecified atom stereocenters. The fraction of sp³-hybridized carbons (Fsp3) is 0.562. The van der Waals surface area contributed by atoms with Gasteiger partial charge in [0.1, 0.15) is 18.5 Å². The Morgan fingerprint density at radius 1 is 1.38 bits per heavy atom. The van der Waals surface area contributed by atoms with Crippen molar-refractivity contribution in [2.45, 2.75) is 20.0 Å². The summed E-state index contributed by atoms with van der Waals surface area (Å²) in [7, 11) is 0. The first-order chi connectivity index (χ1) is 10.2. The van der Waals surface area contributed by atoms with Crippen LogP contribution < -0.4 is 4.74 Å². The predicted octanol–water partition coefficient (Wildman–Crippen LogP) is 1.64. The molecule has 0 amide bonds. The summed E-state index contributed by atoms with van der Waals surface area (Å²) in [6.45, 7) is 7.13. The molecule has 5 nitrogen and oxygen atoms in total. The molecular formula is C16H23NO4. The molecular weight excluding hydrogens is 270 g/mol. The number of nitrogens with zero attached hydrogens (tertiary/aromatic N) is 1. The lowest BCUT2D eigenvalue weighted by molar-refractivity contribution is -0.146. The van der Waals surface area contributed by atoms with Crippen LogP contribution in [-0.4, -0.2) is 56.4 Å². The lowest BCUT2D eigenvalue weighted by Crippen LogP contribution is -2.47. The number of ether oxygens (including phenoxy) is 3. The number of aryl methyl sites for hydroxylation is 1. The molecule has 0 N–H and O–H groups in total. The predicted molar refractivity (Wildman–Crippen MR) is 79.5 cm³/mol. The molecule has 1 fully saturated rings. The molecule has 0 radical (unpaired) electrons. The zero-order chi connectivity index (χ0) is 15.1. The third-order valence-electron chi connectivity index (χ3n) is 3.34. The van der Waals surface area contributed by atoms with Gasteiger partial charge in [-0.3, -0.25) is 9.69 Å². The molecule has 21 heavy (non-hydrogen) atoms. The Bertz CT molecular complexity index is 446. The van der Waals surface area contributed by atoms with Crippen molar-refractivity contribution in [1.29, 1.82) is 0 Å². The molecule has 2 rings (SSSR count). The van der Waals surface area contributed by atoms with Gasteiger partial charge in [0.25, 0.3) is 0 Å². The van der Waals surface area contributed by atoms with Gasteiger partial charge in [0, 0.05) is 13.1 Å². The zero-order valence-electron chi connectivity index (χ0n) is 12.7. The smallest absolute Gasteiger partial charge is 0.320 e. The van der Waals surface area contributed by atoms with Crippen molar-refractivity contribution in [3.05, 3.63) is 29.8 Å². The van der Waals surface area contributed by atoms with E-state index in [9.17, 15) is 4.79 Å². The quantitative estimate of drug-likeness (QED) is 0.746. The Morgan fingerprint density at radius 2 is 2.14 bits per heavy atom. The van der Waals surface area contributed by atoms with Crippen LogP contribution in [0.5, 0.6) is 5.75 Å². The number of carbonyl (C=O) groups excluding carboxylic acids is 1. The van der Waals surface area contributed by atoms with E-state index in [-0.39, 0.29) is 12.1 Å². The molecule has 1 aromatic carbocycles. The third-order valence-corrected chi connectivity index (χ3v) is 3.34. The highest BCUT2D eigenvalue weighted by molar-refractivity contribution is 5.71. The van der Waals surface area contributed by atoms with Crippen molar-refractivity contribution < 1.29 is 19.0 Å². The lowest BCUT2D eigenvalue weighted by atomic mass is 10.2. The molecule has 1 aromatic rings. The first-order valence-corrected chi connectivity index (χ1v) is 7.36. The minimum Gasteiger partial charge on any atom is -0.491 e. The van der Waals surface area contributed by atoms with E-state index in [0.717, 1.165) is 12.3 Å². The second kappa shape index (κ2) is 8.00. The van der Waals surface area contributed by atoms with Crippen molar-refractivity contribution >= 4 is 5.97 Å². The van der Waals surface area contributed by atoms with Crippen molar-refractivity contribution in [2.75, 3.05) is 39.5 Å². The topological polar surface area (TPSA) is 48.0 Å². The van der Waals surface area contributed by atoms with Gasteiger partial charge < -0.3 is 14.2 Å². The Kier molecular flexibility index (Phi) is 6.02. The van der Waals surface area contributed by atoms with Crippen LogP contribution in [0.4, 0.5) is 0 Å². The van der Waals surface area contributed by atoms with E-state index in [1.54, 1.807) is 0 Å². The van der Waals surface area contributed by atoms with Crippen molar-refractivity contribution in [3.8, 4) is 5.75 Å². The molecule has 1 atom stereocenters. The lowest BCUT2D eigenvalue weighted by Gasteiger charge is -2.32. The Morgan fingerprint density at radius 3 is 2.86 bits per heavy atom. The van der Waals surface area contributed by atoms with Crippen LogP contribution >= 0.6 is 0 Å². The van der Waals surface area contributed by atoms with Gasteiger partial charge in [-0.15, -0.1) is 0 Å². The summed E-state index contributed by atoms with van der Waals surface area (Å²) in [5.74, 6) is 0.657. The van der Waals surface area contributed by atoms with Crippen LogP contribution in [0.15, 0.2) is 24.3 Å². The fourth-order valence-electron chi connectivity index (χ4n) is 2.24. The van der Waals surface area contributed by atoms with Gasteiger partial charge in [-0.1, -0.05) is 17.7 Å². The molecule has 0 saturated carbocycles.